The molecule has 27 heavy (non-hydrogen) atoms. The highest BCUT2D eigenvalue weighted by atomic mass is 28.3. The van der Waals surface area contributed by atoms with Crippen LogP contribution in [0, 0.1) is 0 Å². The number of nitrogens with one attached hydrogen (secondary N) is 1. The van der Waals surface area contributed by atoms with E-state index >= 15 is 0 Å². The number of pyridine rings is 1. The Bertz CT molecular complexity index is 857. The molecule has 1 atom stereocenters. The van der Waals surface area contributed by atoms with Crippen LogP contribution in [0.3, 0.4) is 0 Å². The Morgan fingerprint density at radius 1 is 1.11 bits per heavy atom. The molecule has 6 heteroatoms. The summed E-state index contributed by atoms with van der Waals surface area (Å²) in [7, 11) is -1.08. The van der Waals surface area contributed by atoms with Crippen molar-refractivity contribution in [2.45, 2.75) is 51.9 Å². The number of ether oxygens (including phenoxy) is 1. The molecule has 1 N–H and O–H groups in total. The van der Waals surface area contributed by atoms with Crippen LogP contribution in [0.2, 0.25) is 25.7 Å². The fourth-order valence-electron chi connectivity index (χ4n) is 2.92. The Balaban J connectivity index is 1.70. The molecule has 144 valence electrons. The van der Waals surface area contributed by atoms with E-state index in [2.05, 4.69) is 59.6 Å². The maximum Gasteiger partial charge on any atom is 0.125 e. The molecule has 0 aliphatic heterocycles. The summed E-state index contributed by atoms with van der Waals surface area (Å²) in [5, 5.41) is 3.54. The van der Waals surface area contributed by atoms with E-state index in [0.717, 1.165) is 29.2 Å². The first-order valence-corrected chi connectivity index (χ1v) is 13.3. The minimum atomic E-state index is -1.08. The Morgan fingerprint density at radius 2 is 1.89 bits per heavy atom. The molecule has 3 aromatic rings. The van der Waals surface area contributed by atoms with Crippen molar-refractivity contribution < 1.29 is 4.74 Å². The molecule has 2 aromatic heterocycles. The van der Waals surface area contributed by atoms with Gasteiger partial charge in [-0.15, -0.1) is 0 Å². The van der Waals surface area contributed by atoms with Crippen LogP contribution in [-0.4, -0.2) is 29.2 Å². The maximum atomic E-state index is 6.01. The predicted octanol–water partition coefficient (Wildman–Crippen LogP) is 4.59. The van der Waals surface area contributed by atoms with Crippen molar-refractivity contribution in [1.82, 2.24) is 19.9 Å². The molecule has 0 radical (unpaired) electrons. The van der Waals surface area contributed by atoms with Gasteiger partial charge in [-0.2, -0.15) is 0 Å². The monoisotopic (exact) mass is 382 g/mol. The van der Waals surface area contributed by atoms with Crippen LogP contribution in [0.25, 0.3) is 11.0 Å². The van der Waals surface area contributed by atoms with Crippen molar-refractivity contribution in [2.75, 3.05) is 6.61 Å². The first-order chi connectivity index (χ1) is 12.9. The highest BCUT2D eigenvalue weighted by Crippen LogP contribution is 2.18. The van der Waals surface area contributed by atoms with Crippen LogP contribution in [0.5, 0.6) is 0 Å². The third kappa shape index (κ3) is 5.48. The van der Waals surface area contributed by atoms with Gasteiger partial charge in [0.05, 0.1) is 23.3 Å². The number of nitrogens with zero attached hydrogens (tertiary/aromatic N) is 3. The smallest absolute Gasteiger partial charge is 0.125 e. The molecular formula is C21H30N4OSi. The number of fused-ring (bicyclic) bond motifs is 1. The molecule has 0 amide bonds. The second kappa shape index (κ2) is 8.78. The van der Waals surface area contributed by atoms with Crippen LogP contribution in [0.4, 0.5) is 0 Å². The largest absolute Gasteiger partial charge is 0.361 e. The van der Waals surface area contributed by atoms with Crippen LogP contribution in [-0.2, 0) is 18.0 Å². The van der Waals surface area contributed by atoms with Crippen LogP contribution in [0.1, 0.15) is 24.5 Å². The second-order valence-corrected chi connectivity index (χ2v) is 13.8. The van der Waals surface area contributed by atoms with E-state index in [4.69, 9.17) is 9.72 Å². The number of benzene rings is 1. The van der Waals surface area contributed by atoms with Gasteiger partial charge in [0.1, 0.15) is 12.6 Å². The van der Waals surface area contributed by atoms with Gasteiger partial charge in [0.15, 0.2) is 0 Å². The number of para-hydroxylation sites is 2. The lowest BCUT2D eigenvalue weighted by molar-refractivity contribution is 0.0875. The molecular weight excluding hydrogens is 352 g/mol. The SMILES string of the molecule is CC(NCc1nc2ccccc2n1COCC[Si](C)(C)C)c1ccccn1. The molecule has 0 fully saturated rings. The zero-order valence-corrected chi connectivity index (χ0v) is 17.8. The Labute approximate surface area is 162 Å². The molecule has 0 saturated heterocycles. The predicted molar refractivity (Wildman–Crippen MR) is 113 cm³/mol. The Morgan fingerprint density at radius 3 is 2.63 bits per heavy atom. The Kier molecular flexibility index (Phi) is 6.41. The normalized spacial score (nSPS) is 13.2. The van der Waals surface area contributed by atoms with E-state index in [1.54, 1.807) is 0 Å². The molecule has 3 rings (SSSR count). The number of aromatic nitrogens is 3. The fraction of sp³-hybridized carbons (Fsp3) is 0.429. The molecule has 2 heterocycles. The molecule has 0 bridgehead atoms. The molecule has 1 aromatic carbocycles. The molecule has 0 spiro atoms. The van der Waals surface area contributed by atoms with E-state index in [0.29, 0.717) is 13.3 Å². The highest BCUT2D eigenvalue weighted by molar-refractivity contribution is 6.76. The third-order valence-electron chi connectivity index (χ3n) is 4.65. The van der Waals surface area contributed by atoms with E-state index in [-0.39, 0.29) is 6.04 Å². The number of imidazole rings is 1. The van der Waals surface area contributed by atoms with Gasteiger partial charge in [-0.3, -0.25) is 4.98 Å². The Hall–Kier alpha value is -2.02. The van der Waals surface area contributed by atoms with Gasteiger partial charge in [-0.05, 0) is 37.2 Å². The minimum absolute atomic E-state index is 0.160. The van der Waals surface area contributed by atoms with E-state index in [9.17, 15) is 0 Å². The van der Waals surface area contributed by atoms with Crippen molar-refractivity contribution in [1.29, 1.82) is 0 Å². The minimum Gasteiger partial charge on any atom is -0.361 e. The molecule has 0 aliphatic carbocycles. The van der Waals surface area contributed by atoms with Gasteiger partial charge in [0, 0.05) is 26.9 Å². The topological polar surface area (TPSA) is 52.0 Å². The number of hydrogen-bond donors (Lipinski definition) is 1. The van der Waals surface area contributed by atoms with Crippen molar-refractivity contribution >= 4 is 19.1 Å². The van der Waals surface area contributed by atoms with Crippen molar-refractivity contribution in [3.63, 3.8) is 0 Å². The lowest BCUT2D eigenvalue weighted by Gasteiger charge is -2.17. The molecule has 0 aliphatic rings. The van der Waals surface area contributed by atoms with Gasteiger partial charge in [-0.25, -0.2) is 4.98 Å². The number of rotatable bonds is 9. The number of hydrogen-bond acceptors (Lipinski definition) is 4. The summed E-state index contributed by atoms with van der Waals surface area (Å²) in [4.78, 5) is 9.24. The first-order valence-electron chi connectivity index (χ1n) is 9.60. The van der Waals surface area contributed by atoms with Crippen molar-refractivity contribution in [2.24, 2.45) is 0 Å². The molecule has 1 unspecified atom stereocenters. The van der Waals surface area contributed by atoms with Crippen molar-refractivity contribution in [3.05, 3.63) is 60.2 Å². The van der Waals surface area contributed by atoms with Crippen molar-refractivity contribution in [3.8, 4) is 0 Å². The van der Waals surface area contributed by atoms with Crippen LogP contribution < -0.4 is 5.32 Å². The average molecular weight is 383 g/mol. The summed E-state index contributed by atoms with van der Waals surface area (Å²) in [5.74, 6) is 0.993. The maximum absolute atomic E-state index is 6.01. The molecule has 5 nitrogen and oxygen atoms in total. The summed E-state index contributed by atoms with van der Waals surface area (Å²) >= 11 is 0. The summed E-state index contributed by atoms with van der Waals surface area (Å²) < 4.78 is 8.19. The van der Waals surface area contributed by atoms with Crippen LogP contribution >= 0.6 is 0 Å². The standard InChI is InChI=1S/C21H30N4OSi/c1-17(18-9-7-8-12-22-18)23-15-21-24-19-10-5-6-11-20(19)25(21)16-26-13-14-27(2,3)4/h5-12,17,23H,13-16H2,1-4H3. The van der Waals surface area contributed by atoms with Gasteiger partial charge in [0.25, 0.3) is 0 Å². The fourth-order valence-corrected chi connectivity index (χ4v) is 3.68. The zero-order chi connectivity index (χ0) is 19.3. The summed E-state index contributed by atoms with van der Waals surface area (Å²) in [6.07, 6.45) is 1.83. The summed E-state index contributed by atoms with van der Waals surface area (Å²) in [6.45, 7) is 11.3. The van der Waals surface area contributed by atoms with E-state index < -0.39 is 8.07 Å². The quantitative estimate of drug-likeness (QED) is 0.434. The lowest BCUT2D eigenvalue weighted by Crippen LogP contribution is -2.23. The van der Waals surface area contributed by atoms with Gasteiger partial charge < -0.3 is 14.6 Å². The zero-order valence-electron chi connectivity index (χ0n) is 16.8. The van der Waals surface area contributed by atoms with E-state index in [1.165, 1.54) is 6.04 Å². The average Bonchev–Trinajstić information content (AvgIpc) is 3.01. The van der Waals surface area contributed by atoms with Gasteiger partial charge in [-0.1, -0.05) is 37.8 Å². The lowest BCUT2D eigenvalue weighted by atomic mass is 10.2. The molecule has 0 saturated carbocycles. The van der Waals surface area contributed by atoms with E-state index in [1.807, 2.05) is 30.5 Å². The van der Waals surface area contributed by atoms with Gasteiger partial charge >= 0.3 is 0 Å². The van der Waals surface area contributed by atoms with Gasteiger partial charge in [0.2, 0.25) is 0 Å². The first kappa shape index (κ1) is 19.7. The highest BCUT2D eigenvalue weighted by Gasteiger charge is 2.15. The summed E-state index contributed by atoms with van der Waals surface area (Å²) in [6, 6.07) is 15.6. The third-order valence-corrected chi connectivity index (χ3v) is 6.35. The van der Waals surface area contributed by atoms with Crippen LogP contribution in [0.15, 0.2) is 48.7 Å². The summed E-state index contributed by atoms with van der Waals surface area (Å²) in [5.41, 5.74) is 3.16. The second-order valence-electron chi connectivity index (χ2n) is 8.15.